The van der Waals surface area contributed by atoms with Gasteiger partial charge in [-0.15, -0.1) is 0 Å². The molecule has 0 radical (unpaired) electrons. The molecule has 1 heterocycles. The van der Waals surface area contributed by atoms with Crippen LogP contribution in [0.3, 0.4) is 0 Å². The van der Waals surface area contributed by atoms with E-state index in [1.54, 1.807) is 4.68 Å². The molecule has 3 aromatic carbocycles. The normalized spacial score (nSPS) is 11.2. The summed E-state index contributed by atoms with van der Waals surface area (Å²) in [7, 11) is 0. The van der Waals surface area contributed by atoms with Gasteiger partial charge in [0.2, 0.25) is 5.91 Å². The van der Waals surface area contributed by atoms with Gasteiger partial charge in [-0.1, -0.05) is 74.8 Å². The molecule has 0 aliphatic rings. The van der Waals surface area contributed by atoms with Gasteiger partial charge in [-0.05, 0) is 48.4 Å². The van der Waals surface area contributed by atoms with E-state index in [0.29, 0.717) is 11.5 Å². The molecule has 0 bridgehead atoms. The van der Waals surface area contributed by atoms with E-state index in [1.807, 2.05) is 67.6 Å². The van der Waals surface area contributed by atoms with E-state index < -0.39 is 17.8 Å². The highest BCUT2D eigenvalue weighted by Gasteiger charge is 2.23. The van der Waals surface area contributed by atoms with Crippen LogP contribution in [0.25, 0.3) is 5.69 Å². The maximum atomic E-state index is 13.6. The predicted octanol–water partition coefficient (Wildman–Crippen LogP) is 6.94. The zero-order chi connectivity index (χ0) is 28.2. The van der Waals surface area contributed by atoms with Gasteiger partial charge in [0.25, 0.3) is 0 Å². The van der Waals surface area contributed by atoms with Crippen molar-refractivity contribution in [3.05, 3.63) is 107 Å². The van der Waals surface area contributed by atoms with Crippen LogP contribution in [-0.2, 0) is 16.8 Å². The number of carbonyl (C=O) groups excluding carboxylic acids is 2. The largest absolute Gasteiger partial charge is 0.322 e. The molecule has 4 rings (SSSR count). The monoisotopic (exact) mass is 547 g/mol. The Labute approximate surface area is 232 Å². The zero-order valence-corrected chi connectivity index (χ0v) is 23.1. The Hall–Kier alpha value is -4.17. The first-order chi connectivity index (χ1) is 18.5. The molecule has 0 unspecified atom stereocenters. The molecular weight excluding hydrogens is 517 g/mol. The Morgan fingerprint density at radius 3 is 2.38 bits per heavy atom. The summed E-state index contributed by atoms with van der Waals surface area (Å²) in [5, 5.41) is 10.3. The molecular formula is C30H31ClFN5O2. The molecule has 0 aliphatic heterocycles. The molecule has 4 aromatic rings. The summed E-state index contributed by atoms with van der Waals surface area (Å²) in [6, 6.07) is 22.4. The summed E-state index contributed by atoms with van der Waals surface area (Å²) in [6.07, 6.45) is 0. The molecule has 3 amide bonds. The fraction of sp³-hybridized carbons (Fsp3) is 0.233. The second-order valence-electron chi connectivity index (χ2n) is 10.4. The minimum absolute atomic E-state index is 0.112. The summed E-state index contributed by atoms with van der Waals surface area (Å²) in [6.45, 7) is 8.09. The Morgan fingerprint density at radius 1 is 0.974 bits per heavy atom. The molecule has 0 saturated heterocycles. The first-order valence-electron chi connectivity index (χ1n) is 12.5. The minimum atomic E-state index is -0.588. The lowest BCUT2D eigenvalue weighted by Crippen LogP contribution is -2.40. The van der Waals surface area contributed by atoms with Crippen molar-refractivity contribution in [2.45, 2.75) is 39.7 Å². The van der Waals surface area contributed by atoms with Crippen molar-refractivity contribution in [1.29, 1.82) is 0 Å². The quantitative estimate of drug-likeness (QED) is 0.263. The van der Waals surface area contributed by atoms with Gasteiger partial charge in [-0.2, -0.15) is 5.10 Å². The number of nitrogens with one attached hydrogen (secondary N) is 2. The Morgan fingerprint density at radius 2 is 1.72 bits per heavy atom. The number of carbonyl (C=O) groups is 2. The van der Waals surface area contributed by atoms with Gasteiger partial charge in [0.15, 0.2) is 0 Å². The van der Waals surface area contributed by atoms with Gasteiger partial charge in [0.1, 0.15) is 18.2 Å². The fourth-order valence-corrected chi connectivity index (χ4v) is 4.11. The topological polar surface area (TPSA) is 79.3 Å². The van der Waals surface area contributed by atoms with Crippen LogP contribution in [0, 0.1) is 12.7 Å². The summed E-state index contributed by atoms with van der Waals surface area (Å²) in [4.78, 5) is 28.0. The third-order valence-electron chi connectivity index (χ3n) is 6.00. The van der Waals surface area contributed by atoms with Gasteiger partial charge in [0, 0.05) is 23.7 Å². The molecule has 202 valence electrons. The maximum Gasteiger partial charge on any atom is 0.322 e. The van der Waals surface area contributed by atoms with E-state index in [1.165, 1.54) is 23.1 Å². The summed E-state index contributed by atoms with van der Waals surface area (Å²) >= 11 is 5.88. The van der Waals surface area contributed by atoms with Crippen LogP contribution < -0.4 is 10.6 Å². The molecule has 0 spiro atoms. The van der Waals surface area contributed by atoms with E-state index in [-0.39, 0.29) is 23.5 Å². The first-order valence-corrected chi connectivity index (χ1v) is 12.9. The van der Waals surface area contributed by atoms with E-state index in [0.717, 1.165) is 22.5 Å². The van der Waals surface area contributed by atoms with Crippen LogP contribution in [0.5, 0.6) is 0 Å². The average Bonchev–Trinajstić information content (AvgIpc) is 3.31. The molecule has 39 heavy (non-hydrogen) atoms. The van der Waals surface area contributed by atoms with Crippen molar-refractivity contribution < 1.29 is 14.0 Å². The van der Waals surface area contributed by atoms with E-state index in [2.05, 4.69) is 31.4 Å². The number of rotatable bonds is 7. The van der Waals surface area contributed by atoms with Gasteiger partial charge < -0.3 is 15.5 Å². The van der Waals surface area contributed by atoms with Crippen LogP contribution in [0.2, 0.25) is 5.02 Å². The van der Waals surface area contributed by atoms with Gasteiger partial charge in [-0.3, -0.25) is 4.79 Å². The van der Waals surface area contributed by atoms with Crippen molar-refractivity contribution in [2.24, 2.45) is 0 Å². The molecule has 9 heteroatoms. The number of aromatic nitrogens is 2. The number of anilines is 2. The number of nitrogens with zero attached hydrogens (tertiary/aromatic N) is 3. The highest BCUT2D eigenvalue weighted by molar-refractivity contribution is 6.31. The molecule has 0 atom stereocenters. The van der Waals surface area contributed by atoms with Crippen molar-refractivity contribution in [1.82, 2.24) is 14.7 Å². The Balaban J connectivity index is 1.59. The fourth-order valence-electron chi connectivity index (χ4n) is 3.93. The number of hydrogen-bond acceptors (Lipinski definition) is 3. The van der Waals surface area contributed by atoms with E-state index in [4.69, 9.17) is 16.7 Å². The molecule has 7 nitrogen and oxygen atoms in total. The lowest BCUT2D eigenvalue weighted by molar-refractivity contribution is -0.116. The maximum absolute atomic E-state index is 13.6. The van der Waals surface area contributed by atoms with Crippen LogP contribution in [0.4, 0.5) is 20.7 Å². The number of aryl methyl sites for hydroxylation is 1. The van der Waals surface area contributed by atoms with Gasteiger partial charge in [0.05, 0.1) is 16.4 Å². The van der Waals surface area contributed by atoms with E-state index >= 15 is 0 Å². The molecule has 0 saturated carbocycles. The lowest BCUT2D eigenvalue weighted by Gasteiger charge is -2.23. The summed E-state index contributed by atoms with van der Waals surface area (Å²) in [5.41, 5.74) is 3.60. The number of halogens is 2. The van der Waals surface area contributed by atoms with Crippen molar-refractivity contribution in [3.8, 4) is 5.69 Å². The summed E-state index contributed by atoms with van der Waals surface area (Å²) in [5.74, 6) is -0.483. The minimum Gasteiger partial charge on any atom is -0.311 e. The van der Waals surface area contributed by atoms with E-state index in [9.17, 15) is 14.0 Å². The standard InChI is InChI=1S/C30H31ClFN5O2/c1-20-9-8-12-23(15-20)37-27(17-26(35-37)30(2,3)4)34-28(38)19-36(18-21-10-6-5-7-11-21)29(39)33-22-13-14-25(32)24(31)16-22/h5-17H,18-19H2,1-4H3,(H,33,39)(H,34,38). The molecule has 0 aliphatic carbocycles. The third-order valence-corrected chi connectivity index (χ3v) is 6.29. The van der Waals surface area contributed by atoms with Crippen molar-refractivity contribution >= 4 is 35.0 Å². The van der Waals surface area contributed by atoms with Gasteiger partial charge >= 0.3 is 6.03 Å². The Bertz CT molecular complexity index is 1480. The van der Waals surface area contributed by atoms with Crippen LogP contribution in [0.1, 0.15) is 37.6 Å². The van der Waals surface area contributed by atoms with Crippen molar-refractivity contribution in [2.75, 3.05) is 17.2 Å². The second kappa shape index (κ2) is 11.7. The SMILES string of the molecule is Cc1cccc(-n2nc(C(C)(C)C)cc2NC(=O)CN(Cc2ccccc2)C(=O)Nc2ccc(F)c(Cl)c2)c1. The number of urea groups is 1. The third kappa shape index (κ3) is 7.23. The smallest absolute Gasteiger partial charge is 0.311 e. The first kappa shape index (κ1) is 27.9. The number of hydrogen-bond donors (Lipinski definition) is 2. The molecule has 2 N–H and O–H groups in total. The average molecular weight is 548 g/mol. The Kier molecular flexibility index (Phi) is 8.35. The van der Waals surface area contributed by atoms with Crippen LogP contribution >= 0.6 is 11.6 Å². The summed E-state index contributed by atoms with van der Waals surface area (Å²) < 4.78 is 15.3. The van der Waals surface area contributed by atoms with Crippen LogP contribution in [-0.4, -0.2) is 33.2 Å². The highest BCUT2D eigenvalue weighted by Crippen LogP contribution is 2.27. The molecule has 1 aromatic heterocycles. The predicted molar refractivity (Wildman–Crippen MR) is 153 cm³/mol. The lowest BCUT2D eigenvalue weighted by atomic mass is 9.92. The van der Waals surface area contributed by atoms with Gasteiger partial charge in [-0.25, -0.2) is 13.9 Å². The van der Waals surface area contributed by atoms with Crippen LogP contribution in [0.15, 0.2) is 78.9 Å². The number of amides is 3. The second-order valence-corrected chi connectivity index (χ2v) is 10.8. The highest BCUT2D eigenvalue weighted by atomic mass is 35.5. The number of benzene rings is 3. The zero-order valence-electron chi connectivity index (χ0n) is 22.3. The van der Waals surface area contributed by atoms with Crippen molar-refractivity contribution in [3.63, 3.8) is 0 Å². The molecule has 0 fully saturated rings.